The summed E-state index contributed by atoms with van der Waals surface area (Å²) in [6.45, 7) is 4.28. The van der Waals surface area contributed by atoms with E-state index in [4.69, 9.17) is 27.9 Å². The van der Waals surface area contributed by atoms with Crippen LogP contribution in [0.3, 0.4) is 0 Å². The maximum absolute atomic E-state index is 13.4. The van der Waals surface area contributed by atoms with E-state index in [9.17, 15) is 9.59 Å². The summed E-state index contributed by atoms with van der Waals surface area (Å²) >= 11 is 12.7. The van der Waals surface area contributed by atoms with Gasteiger partial charge in [0.2, 0.25) is 5.91 Å². The largest absolute Gasteiger partial charge is 0.483 e. The van der Waals surface area contributed by atoms with E-state index in [0.717, 1.165) is 17.2 Å². The van der Waals surface area contributed by atoms with E-state index in [1.54, 1.807) is 18.2 Å². The minimum Gasteiger partial charge on any atom is -0.483 e. The first kappa shape index (κ1) is 24.9. The molecule has 1 atom stereocenters. The number of hydrogen-bond acceptors (Lipinski definition) is 3. The van der Waals surface area contributed by atoms with Crippen molar-refractivity contribution in [3.63, 3.8) is 0 Å². The van der Waals surface area contributed by atoms with Crippen molar-refractivity contribution >= 4 is 45.8 Å². The molecule has 2 amide bonds. The molecule has 7 heteroatoms. The Morgan fingerprint density at radius 3 is 2.33 bits per heavy atom. The Labute approximate surface area is 204 Å². The van der Waals surface area contributed by atoms with Gasteiger partial charge in [-0.15, -0.1) is 0 Å². The number of amides is 2. The Morgan fingerprint density at radius 1 is 0.970 bits per heavy atom. The predicted octanol–water partition coefficient (Wildman–Crippen LogP) is 5.86. The fourth-order valence-electron chi connectivity index (χ4n) is 3.68. The number of nitrogens with one attached hydrogen (secondary N) is 1. The van der Waals surface area contributed by atoms with Gasteiger partial charge in [0.1, 0.15) is 11.8 Å². The first-order valence-electron chi connectivity index (χ1n) is 11.1. The lowest BCUT2D eigenvalue weighted by molar-refractivity contribution is -0.142. The Morgan fingerprint density at radius 2 is 1.64 bits per heavy atom. The number of halogens is 2. The summed E-state index contributed by atoms with van der Waals surface area (Å²) in [6, 6.07) is 18.0. The third-order valence-corrected chi connectivity index (χ3v) is 6.13. The highest BCUT2D eigenvalue weighted by atomic mass is 35.5. The average Bonchev–Trinajstić information content (AvgIpc) is 2.82. The molecule has 3 rings (SSSR count). The number of ether oxygens (including phenoxy) is 1. The van der Waals surface area contributed by atoms with Crippen molar-refractivity contribution < 1.29 is 14.3 Å². The van der Waals surface area contributed by atoms with Crippen LogP contribution in [-0.2, 0) is 16.1 Å². The second kappa shape index (κ2) is 11.9. The van der Waals surface area contributed by atoms with Gasteiger partial charge in [0, 0.05) is 34.1 Å². The normalized spacial score (nSPS) is 11.8. The maximum atomic E-state index is 13.4. The van der Waals surface area contributed by atoms with E-state index >= 15 is 0 Å². The topological polar surface area (TPSA) is 58.6 Å². The third kappa shape index (κ3) is 6.18. The molecule has 0 fully saturated rings. The lowest BCUT2D eigenvalue weighted by atomic mass is 10.1. The van der Waals surface area contributed by atoms with Crippen LogP contribution < -0.4 is 10.1 Å². The van der Waals surface area contributed by atoms with Gasteiger partial charge in [-0.1, -0.05) is 79.5 Å². The van der Waals surface area contributed by atoms with Crippen molar-refractivity contribution in [1.29, 1.82) is 0 Å². The Bertz CT molecular complexity index is 1090. The van der Waals surface area contributed by atoms with E-state index in [-0.39, 0.29) is 25.0 Å². The van der Waals surface area contributed by atoms with Crippen molar-refractivity contribution in [3.05, 3.63) is 76.3 Å². The number of fused-ring (bicyclic) bond motifs is 1. The molecule has 0 aliphatic rings. The van der Waals surface area contributed by atoms with Gasteiger partial charge in [-0.25, -0.2) is 0 Å². The van der Waals surface area contributed by atoms with Crippen molar-refractivity contribution in [2.75, 3.05) is 13.2 Å². The minimum absolute atomic E-state index is 0.105. The van der Waals surface area contributed by atoms with Crippen LogP contribution in [0.5, 0.6) is 5.75 Å². The molecule has 3 aromatic carbocycles. The molecular formula is C26H28Cl2N2O3. The minimum atomic E-state index is -0.674. The SMILES string of the molecule is CCCNC(=O)C(CC)N(Cc1c(Cl)cccc1Cl)C(=O)COc1cccc2ccccc12. The number of carbonyl (C=O) groups is 2. The monoisotopic (exact) mass is 486 g/mol. The molecule has 0 spiro atoms. The van der Waals surface area contributed by atoms with Crippen molar-refractivity contribution in [2.24, 2.45) is 0 Å². The molecular weight excluding hydrogens is 459 g/mol. The van der Waals surface area contributed by atoms with Crippen LogP contribution >= 0.6 is 23.2 Å². The zero-order valence-electron chi connectivity index (χ0n) is 18.8. The molecule has 0 bridgehead atoms. The van der Waals surface area contributed by atoms with Gasteiger partial charge >= 0.3 is 0 Å². The Hall–Kier alpha value is -2.76. The van der Waals surface area contributed by atoms with Gasteiger partial charge in [-0.05, 0) is 36.4 Å². The van der Waals surface area contributed by atoms with Gasteiger partial charge in [0.05, 0.1) is 0 Å². The molecule has 5 nitrogen and oxygen atoms in total. The van der Waals surface area contributed by atoms with Crippen molar-refractivity contribution in [1.82, 2.24) is 10.2 Å². The van der Waals surface area contributed by atoms with E-state index in [0.29, 0.717) is 34.3 Å². The first-order chi connectivity index (χ1) is 16.0. The molecule has 1 N–H and O–H groups in total. The fraction of sp³-hybridized carbons (Fsp3) is 0.308. The van der Waals surface area contributed by atoms with Gasteiger partial charge in [-0.2, -0.15) is 0 Å². The lowest BCUT2D eigenvalue weighted by Crippen LogP contribution is -2.50. The molecule has 3 aromatic rings. The Balaban J connectivity index is 1.86. The van der Waals surface area contributed by atoms with E-state index in [1.807, 2.05) is 56.3 Å². The van der Waals surface area contributed by atoms with E-state index in [2.05, 4.69) is 5.32 Å². The number of rotatable bonds is 10. The zero-order chi connectivity index (χ0) is 23.8. The number of carbonyl (C=O) groups excluding carboxylic acids is 2. The number of benzene rings is 3. The quantitative estimate of drug-likeness (QED) is 0.390. The second-order valence-corrected chi connectivity index (χ2v) is 8.52. The van der Waals surface area contributed by atoms with Crippen molar-refractivity contribution in [2.45, 2.75) is 39.3 Å². The molecule has 0 saturated carbocycles. The molecule has 0 aliphatic heterocycles. The predicted molar refractivity (Wildman–Crippen MR) is 134 cm³/mol. The van der Waals surface area contributed by atoms with Gasteiger partial charge in [-0.3, -0.25) is 9.59 Å². The molecule has 0 aliphatic carbocycles. The summed E-state index contributed by atoms with van der Waals surface area (Å²) in [6.07, 6.45) is 1.24. The van der Waals surface area contributed by atoms with E-state index in [1.165, 1.54) is 4.90 Å². The highest BCUT2D eigenvalue weighted by molar-refractivity contribution is 6.36. The Kier molecular flexibility index (Phi) is 8.98. The van der Waals surface area contributed by atoms with Crippen LogP contribution in [0, 0.1) is 0 Å². The van der Waals surface area contributed by atoms with Crippen LogP contribution in [0.15, 0.2) is 60.7 Å². The third-order valence-electron chi connectivity index (χ3n) is 5.43. The standard InChI is InChI=1S/C26H28Cl2N2O3/c1-3-15-29-26(32)23(4-2)30(16-20-21(27)12-8-13-22(20)28)25(31)17-33-24-14-7-10-18-9-5-6-11-19(18)24/h5-14,23H,3-4,15-17H2,1-2H3,(H,29,32). The summed E-state index contributed by atoms with van der Waals surface area (Å²) in [5, 5.41) is 5.72. The smallest absolute Gasteiger partial charge is 0.261 e. The lowest BCUT2D eigenvalue weighted by Gasteiger charge is -2.31. The number of nitrogens with zero attached hydrogens (tertiary/aromatic N) is 1. The highest BCUT2D eigenvalue weighted by Gasteiger charge is 2.30. The highest BCUT2D eigenvalue weighted by Crippen LogP contribution is 2.28. The average molecular weight is 487 g/mol. The molecule has 33 heavy (non-hydrogen) atoms. The molecule has 0 aromatic heterocycles. The summed E-state index contributed by atoms with van der Waals surface area (Å²) in [4.78, 5) is 27.8. The van der Waals surface area contributed by atoms with Crippen LogP contribution in [0.25, 0.3) is 10.8 Å². The van der Waals surface area contributed by atoms with Gasteiger partial charge < -0.3 is 15.0 Å². The maximum Gasteiger partial charge on any atom is 0.261 e. The fourth-order valence-corrected chi connectivity index (χ4v) is 4.20. The summed E-state index contributed by atoms with van der Waals surface area (Å²) < 4.78 is 5.93. The summed E-state index contributed by atoms with van der Waals surface area (Å²) in [7, 11) is 0. The first-order valence-corrected chi connectivity index (χ1v) is 11.8. The van der Waals surface area contributed by atoms with Crippen LogP contribution in [0.1, 0.15) is 32.3 Å². The molecule has 1 unspecified atom stereocenters. The van der Waals surface area contributed by atoms with Crippen molar-refractivity contribution in [3.8, 4) is 5.75 Å². The summed E-state index contributed by atoms with van der Waals surface area (Å²) in [5.41, 5.74) is 0.598. The molecule has 174 valence electrons. The van der Waals surface area contributed by atoms with Crippen LogP contribution in [0.4, 0.5) is 0 Å². The van der Waals surface area contributed by atoms with Gasteiger partial charge in [0.25, 0.3) is 5.91 Å². The zero-order valence-corrected chi connectivity index (χ0v) is 20.3. The van der Waals surface area contributed by atoms with E-state index < -0.39 is 6.04 Å². The molecule has 0 radical (unpaired) electrons. The summed E-state index contributed by atoms with van der Waals surface area (Å²) in [5.74, 6) is 0.0825. The van der Waals surface area contributed by atoms with Gasteiger partial charge in [0.15, 0.2) is 6.61 Å². The number of hydrogen-bond donors (Lipinski definition) is 1. The molecule has 0 heterocycles. The van der Waals surface area contributed by atoms with Crippen LogP contribution in [0.2, 0.25) is 10.0 Å². The second-order valence-electron chi connectivity index (χ2n) is 7.70. The van der Waals surface area contributed by atoms with Crippen LogP contribution in [-0.4, -0.2) is 35.9 Å². The molecule has 0 saturated heterocycles.